The number of halogens is 2. The molecule has 0 atom stereocenters. The third-order valence-electron chi connectivity index (χ3n) is 5.44. The second-order valence-corrected chi connectivity index (χ2v) is 7.43. The molecule has 2 aliphatic rings. The third kappa shape index (κ3) is 3.04. The van der Waals surface area contributed by atoms with Crippen molar-refractivity contribution in [1.29, 1.82) is 0 Å². The highest BCUT2D eigenvalue weighted by Crippen LogP contribution is 2.48. The molecule has 140 valence electrons. The number of fused-ring (bicyclic) bond motifs is 2. The molecule has 2 aromatic rings. The van der Waals surface area contributed by atoms with Crippen molar-refractivity contribution < 1.29 is 23.8 Å². The van der Waals surface area contributed by atoms with E-state index in [4.69, 9.17) is 16.3 Å². The molecule has 4 rings (SSSR count). The van der Waals surface area contributed by atoms with E-state index in [2.05, 4.69) is 5.32 Å². The molecule has 0 saturated heterocycles. The van der Waals surface area contributed by atoms with Gasteiger partial charge in [0.1, 0.15) is 0 Å². The molecule has 1 spiro atoms. The van der Waals surface area contributed by atoms with Gasteiger partial charge in [0.15, 0.2) is 11.6 Å². The number of carbonyl (C=O) groups is 2. The average molecular weight is 390 g/mol. The molecule has 1 aliphatic heterocycles. The lowest BCUT2D eigenvalue weighted by molar-refractivity contribution is -0.122. The standard InChI is InChI=1S/C20H17ClFNO4/c21-12-2-4-17(15(22)10-12)27-13-5-7-20(8-6-13)14-9-11(18(24)25)1-3-16(14)23-19(20)26/h1-4,9-10,13H,5-8H2,(H,23,26)(H,24,25). The fourth-order valence-electron chi connectivity index (χ4n) is 4.00. The summed E-state index contributed by atoms with van der Waals surface area (Å²) in [7, 11) is 0. The van der Waals surface area contributed by atoms with Crippen LogP contribution in [0.15, 0.2) is 36.4 Å². The highest BCUT2D eigenvalue weighted by molar-refractivity contribution is 6.30. The van der Waals surface area contributed by atoms with Crippen molar-refractivity contribution in [1.82, 2.24) is 0 Å². The number of ether oxygens (including phenoxy) is 1. The molecule has 1 aliphatic carbocycles. The Morgan fingerprint density at radius 3 is 2.63 bits per heavy atom. The number of aromatic carboxylic acids is 1. The zero-order valence-corrected chi connectivity index (χ0v) is 15.1. The van der Waals surface area contributed by atoms with Crippen LogP contribution in [0.25, 0.3) is 0 Å². The van der Waals surface area contributed by atoms with Crippen LogP contribution in [-0.2, 0) is 10.2 Å². The van der Waals surface area contributed by atoms with Crippen LogP contribution in [0.2, 0.25) is 5.02 Å². The Kier molecular flexibility index (Phi) is 4.30. The van der Waals surface area contributed by atoms with Gasteiger partial charge in [0.2, 0.25) is 5.91 Å². The molecule has 1 fully saturated rings. The third-order valence-corrected chi connectivity index (χ3v) is 5.67. The van der Waals surface area contributed by atoms with Crippen molar-refractivity contribution in [3.8, 4) is 5.75 Å². The summed E-state index contributed by atoms with van der Waals surface area (Å²) >= 11 is 5.76. The molecule has 0 radical (unpaired) electrons. The monoisotopic (exact) mass is 389 g/mol. The zero-order valence-electron chi connectivity index (χ0n) is 14.3. The van der Waals surface area contributed by atoms with E-state index >= 15 is 0 Å². The van der Waals surface area contributed by atoms with Gasteiger partial charge in [0.05, 0.1) is 17.1 Å². The summed E-state index contributed by atoms with van der Waals surface area (Å²) in [6.45, 7) is 0. The van der Waals surface area contributed by atoms with Gasteiger partial charge in [-0.2, -0.15) is 0 Å². The first-order chi connectivity index (χ1) is 12.9. The lowest BCUT2D eigenvalue weighted by Crippen LogP contribution is -2.41. The number of anilines is 1. The van der Waals surface area contributed by atoms with E-state index in [-0.39, 0.29) is 23.3 Å². The number of benzene rings is 2. The van der Waals surface area contributed by atoms with Crippen LogP contribution in [0.3, 0.4) is 0 Å². The van der Waals surface area contributed by atoms with E-state index in [9.17, 15) is 19.1 Å². The van der Waals surface area contributed by atoms with Crippen molar-refractivity contribution in [3.63, 3.8) is 0 Å². The Bertz CT molecular complexity index is 938. The van der Waals surface area contributed by atoms with Crippen LogP contribution < -0.4 is 10.1 Å². The van der Waals surface area contributed by atoms with Gasteiger partial charge in [-0.25, -0.2) is 9.18 Å². The predicted molar refractivity (Wildman–Crippen MR) is 98.0 cm³/mol. The number of hydrogen-bond acceptors (Lipinski definition) is 3. The van der Waals surface area contributed by atoms with Crippen molar-refractivity contribution >= 4 is 29.2 Å². The molecule has 1 amide bonds. The lowest BCUT2D eigenvalue weighted by atomic mass is 9.69. The van der Waals surface area contributed by atoms with Gasteiger partial charge >= 0.3 is 5.97 Å². The normalized spacial score (nSPS) is 23.8. The Labute approximate surface area is 160 Å². The summed E-state index contributed by atoms with van der Waals surface area (Å²) in [5, 5.41) is 12.4. The Morgan fingerprint density at radius 1 is 1.22 bits per heavy atom. The smallest absolute Gasteiger partial charge is 0.335 e. The Hall–Kier alpha value is -2.60. The fraction of sp³-hybridized carbons (Fsp3) is 0.300. The predicted octanol–water partition coefficient (Wildman–Crippen LogP) is 4.39. The van der Waals surface area contributed by atoms with Crippen molar-refractivity contribution in [3.05, 3.63) is 58.4 Å². The number of nitrogens with one attached hydrogen (secondary N) is 1. The minimum absolute atomic E-state index is 0.115. The molecule has 1 saturated carbocycles. The lowest BCUT2D eigenvalue weighted by Gasteiger charge is -2.35. The van der Waals surface area contributed by atoms with Gasteiger partial charge < -0.3 is 15.2 Å². The summed E-state index contributed by atoms with van der Waals surface area (Å²) < 4.78 is 19.7. The maximum Gasteiger partial charge on any atom is 0.335 e. The van der Waals surface area contributed by atoms with Crippen LogP contribution in [-0.4, -0.2) is 23.1 Å². The quantitative estimate of drug-likeness (QED) is 0.816. The first-order valence-corrected chi connectivity index (χ1v) is 9.08. The first-order valence-electron chi connectivity index (χ1n) is 8.70. The van der Waals surface area contributed by atoms with Gasteiger partial charge in [-0.1, -0.05) is 11.6 Å². The number of hydrogen-bond donors (Lipinski definition) is 2. The molecule has 0 bridgehead atoms. The van der Waals surface area contributed by atoms with Crippen LogP contribution >= 0.6 is 11.6 Å². The summed E-state index contributed by atoms with van der Waals surface area (Å²) in [5.41, 5.74) is 0.794. The largest absolute Gasteiger partial charge is 0.487 e. The fourth-order valence-corrected chi connectivity index (χ4v) is 4.15. The molecule has 7 heteroatoms. The van der Waals surface area contributed by atoms with Gasteiger partial charge in [0, 0.05) is 10.7 Å². The first kappa shape index (κ1) is 17.8. The van der Waals surface area contributed by atoms with Crippen molar-refractivity contribution in [2.45, 2.75) is 37.2 Å². The van der Waals surface area contributed by atoms with E-state index in [0.717, 1.165) is 5.56 Å². The minimum atomic E-state index is -1.03. The van der Waals surface area contributed by atoms with E-state index in [0.29, 0.717) is 36.4 Å². The summed E-state index contributed by atoms with van der Waals surface area (Å²) in [6.07, 6.45) is 1.92. The maximum atomic E-state index is 13.9. The van der Waals surface area contributed by atoms with E-state index in [1.54, 1.807) is 18.2 Å². The number of carboxylic acid groups (broad SMARTS) is 1. The van der Waals surface area contributed by atoms with Gasteiger partial charge in [-0.15, -0.1) is 0 Å². The van der Waals surface area contributed by atoms with E-state index in [1.807, 2.05) is 0 Å². The SMILES string of the molecule is O=C(O)c1ccc2c(c1)C1(CCC(Oc3ccc(Cl)cc3F)CC1)C(=O)N2. The van der Waals surface area contributed by atoms with E-state index < -0.39 is 17.2 Å². The molecule has 0 aromatic heterocycles. The maximum absolute atomic E-state index is 13.9. The number of carbonyl (C=O) groups excluding carboxylic acids is 1. The number of rotatable bonds is 3. The molecule has 2 aromatic carbocycles. The van der Waals surface area contributed by atoms with Gasteiger partial charge in [-0.05, 0) is 67.6 Å². The molecular formula is C20H17ClFNO4. The molecule has 27 heavy (non-hydrogen) atoms. The van der Waals surface area contributed by atoms with Gasteiger partial charge in [-0.3, -0.25) is 4.79 Å². The zero-order chi connectivity index (χ0) is 19.2. The summed E-state index contributed by atoms with van der Waals surface area (Å²) in [4.78, 5) is 24.0. The van der Waals surface area contributed by atoms with Crippen LogP contribution in [0, 0.1) is 5.82 Å². The van der Waals surface area contributed by atoms with Crippen LogP contribution in [0.4, 0.5) is 10.1 Å². The average Bonchev–Trinajstić information content (AvgIpc) is 2.90. The van der Waals surface area contributed by atoms with Crippen molar-refractivity contribution in [2.75, 3.05) is 5.32 Å². The second kappa shape index (κ2) is 6.53. The summed E-state index contributed by atoms with van der Waals surface area (Å²) in [6, 6.07) is 8.97. The van der Waals surface area contributed by atoms with E-state index in [1.165, 1.54) is 18.2 Å². The minimum Gasteiger partial charge on any atom is -0.487 e. The highest BCUT2D eigenvalue weighted by atomic mass is 35.5. The Morgan fingerprint density at radius 2 is 1.96 bits per heavy atom. The highest BCUT2D eigenvalue weighted by Gasteiger charge is 2.49. The molecule has 5 nitrogen and oxygen atoms in total. The molecular weight excluding hydrogens is 373 g/mol. The van der Waals surface area contributed by atoms with Crippen LogP contribution in [0.1, 0.15) is 41.6 Å². The molecule has 0 unspecified atom stereocenters. The van der Waals surface area contributed by atoms with Crippen molar-refractivity contribution in [2.24, 2.45) is 0 Å². The summed E-state index contributed by atoms with van der Waals surface area (Å²) in [5.74, 6) is -1.51. The number of carboxylic acids is 1. The van der Waals surface area contributed by atoms with Crippen LogP contribution in [0.5, 0.6) is 5.75 Å². The Balaban J connectivity index is 1.54. The second-order valence-electron chi connectivity index (χ2n) is 6.99. The van der Waals surface area contributed by atoms with Gasteiger partial charge in [0.25, 0.3) is 0 Å². The topological polar surface area (TPSA) is 75.6 Å². The molecule has 1 heterocycles. The molecule has 2 N–H and O–H groups in total. The number of amides is 1.